The number of methoxy groups -OCH3 is 1. The number of hydrogen-bond acceptors (Lipinski definition) is 5. The molecule has 1 rings (SSSR count). The lowest BCUT2D eigenvalue weighted by atomic mass is 10.2. The fourth-order valence-electron chi connectivity index (χ4n) is 1.24. The van der Waals surface area contributed by atoms with Crippen molar-refractivity contribution in [1.29, 1.82) is 0 Å². The first-order valence-electron chi connectivity index (χ1n) is 5.36. The zero-order chi connectivity index (χ0) is 13.5. The minimum Gasteiger partial charge on any atom is -0.453 e. The number of ether oxygens (including phenoxy) is 1. The minimum absolute atomic E-state index is 0.256. The maximum atomic E-state index is 11.6. The van der Waals surface area contributed by atoms with Crippen LogP contribution in [0, 0.1) is 0 Å². The van der Waals surface area contributed by atoms with E-state index in [0.717, 1.165) is 5.56 Å². The molecule has 0 aliphatic rings. The first kappa shape index (κ1) is 13.8. The summed E-state index contributed by atoms with van der Waals surface area (Å²) in [4.78, 5) is 26.4. The van der Waals surface area contributed by atoms with Crippen LogP contribution in [0.15, 0.2) is 18.3 Å². The molecule has 4 N–H and O–H groups in total. The molecule has 7 nitrogen and oxygen atoms in total. The van der Waals surface area contributed by atoms with Gasteiger partial charge in [0.1, 0.15) is 11.9 Å². The number of anilines is 1. The molecule has 1 heterocycles. The number of nitrogens with zero attached hydrogens (tertiary/aromatic N) is 1. The fourth-order valence-corrected chi connectivity index (χ4v) is 1.24. The molecule has 0 spiro atoms. The van der Waals surface area contributed by atoms with Gasteiger partial charge in [-0.2, -0.15) is 0 Å². The van der Waals surface area contributed by atoms with Crippen molar-refractivity contribution >= 4 is 17.8 Å². The van der Waals surface area contributed by atoms with E-state index in [-0.39, 0.29) is 12.5 Å². The average Bonchev–Trinajstić information content (AvgIpc) is 2.37. The van der Waals surface area contributed by atoms with E-state index in [1.165, 1.54) is 7.11 Å². The summed E-state index contributed by atoms with van der Waals surface area (Å²) in [5, 5.41) is 5.00. The summed E-state index contributed by atoms with van der Waals surface area (Å²) < 4.78 is 4.39. The van der Waals surface area contributed by atoms with Gasteiger partial charge < -0.3 is 21.1 Å². The summed E-state index contributed by atoms with van der Waals surface area (Å²) in [5.74, 6) is 0.0371. The second kappa shape index (κ2) is 6.43. The van der Waals surface area contributed by atoms with Crippen LogP contribution in [0.3, 0.4) is 0 Å². The van der Waals surface area contributed by atoms with E-state index in [4.69, 9.17) is 5.73 Å². The van der Waals surface area contributed by atoms with E-state index in [1.54, 1.807) is 25.3 Å². The van der Waals surface area contributed by atoms with E-state index < -0.39 is 12.1 Å². The standard InChI is InChI=1S/C11H16N4O3/c1-7(15-11(17)18-2)10(16)14-6-8-4-3-5-13-9(8)12/h3-5,7H,6H2,1-2H3,(H2,12,13)(H,14,16)(H,15,17). The Morgan fingerprint density at radius 1 is 1.56 bits per heavy atom. The van der Waals surface area contributed by atoms with E-state index in [1.807, 2.05) is 0 Å². The number of nitrogen functional groups attached to an aromatic ring is 1. The summed E-state index contributed by atoms with van der Waals surface area (Å²) in [6, 6.07) is 2.81. The summed E-state index contributed by atoms with van der Waals surface area (Å²) in [6.45, 7) is 1.81. The molecule has 7 heteroatoms. The van der Waals surface area contributed by atoms with Crippen molar-refractivity contribution in [2.24, 2.45) is 0 Å². The second-order valence-corrected chi connectivity index (χ2v) is 3.62. The first-order valence-corrected chi connectivity index (χ1v) is 5.36. The number of hydrogen-bond donors (Lipinski definition) is 3. The van der Waals surface area contributed by atoms with E-state index >= 15 is 0 Å². The second-order valence-electron chi connectivity index (χ2n) is 3.62. The molecular weight excluding hydrogens is 236 g/mol. The zero-order valence-electron chi connectivity index (χ0n) is 10.3. The molecule has 0 bridgehead atoms. The Hall–Kier alpha value is -2.31. The van der Waals surface area contributed by atoms with Crippen molar-refractivity contribution in [1.82, 2.24) is 15.6 Å². The molecule has 0 saturated carbocycles. The number of pyridine rings is 1. The third kappa shape index (κ3) is 3.93. The molecule has 98 valence electrons. The van der Waals surface area contributed by atoms with Gasteiger partial charge >= 0.3 is 6.09 Å². The molecule has 0 aromatic carbocycles. The molecular formula is C11H16N4O3. The average molecular weight is 252 g/mol. The lowest BCUT2D eigenvalue weighted by molar-refractivity contribution is -0.122. The Bertz CT molecular complexity index is 436. The van der Waals surface area contributed by atoms with Crippen LogP contribution in [0.2, 0.25) is 0 Å². The van der Waals surface area contributed by atoms with Gasteiger partial charge in [-0.25, -0.2) is 9.78 Å². The largest absolute Gasteiger partial charge is 0.453 e. The number of amides is 2. The zero-order valence-corrected chi connectivity index (χ0v) is 10.3. The molecule has 1 unspecified atom stereocenters. The van der Waals surface area contributed by atoms with Gasteiger partial charge in [-0.05, 0) is 13.0 Å². The van der Waals surface area contributed by atoms with Gasteiger partial charge in [0.25, 0.3) is 0 Å². The lowest BCUT2D eigenvalue weighted by Crippen LogP contribution is -2.44. The summed E-state index contributed by atoms with van der Waals surface area (Å²) >= 11 is 0. The highest BCUT2D eigenvalue weighted by molar-refractivity contribution is 5.85. The number of aromatic nitrogens is 1. The van der Waals surface area contributed by atoms with Gasteiger partial charge in [-0.1, -0.05) is 6.07 Å². The van der Waals surface area contributed by atoms with Crippen molar-refractivity contribution in [2.75, 3.05) is 12.8 Å². The number of nitrogens with one attached hydrogen (secondary N) is 2. The van der Waals surface area contributed by atoms with Gasteiger partial charge in [-0.15, -0.1) is 0 Å². The van der Waals surface area contributed by atoms with Crippen molar-refractivity contribution in [3.05, 3.63) is 23.9 Å². The Balaban J connectivity index is 2.46. The first-order chi connectivity index (χ1) is 8.54. The fraction of sp³-hybridized carbons (Fsp3) is 0.364. The summed E-state index contributed by atoms with van der Waals surface area (Å²) in [7, 11) is 1.23. The quantitative estimate of drug-likeness (QED) is 0.700. The van der Waals surface area contributed by atoms with Crippen LogP contribution in [0.5, 0.6) is 0 Å². The number of rotatable bonds is 4. The molecule has 2 amide bonds. The monoisotopic (exact) mass is 252 g/mol. The van der Waals surface area contributed by atoms with E-state index in [9.17, 15) is 9.59 Å². The molecule has 0 fully saturated rings. The van der Waals surface area contributed by atoms with Gasteiger partial charge in [-0.3, -0.25) is 4.79 Å². The Kier molecular flexibility index (Phi) is 4.91. The van der Waals surface area contributed by atoms with Crippen molar-refractivity contribution in [3.63, 3.8) is 0 Å². The van der Waals surface area contributed by atoms with Crippen LogP contribution in [0.4, 0.5) is 10.6 Å². The lowest BCUT2D eigenvalue weighted by Gasteiger charge is -2.13. The predicted molar refractivity (Wildman–Crippen MR) is 65.5 cm³/mol. The Labute approximate surface area is 105 Å². The molecule has 0 saturated heterocycles. The molecule has 1 atom stereocenters. The molecule has 1 aromatic rings. The highest BCUT2D eigenvalue weighted by Gasteiger charge is 2.15. The molecule has 0 aliphatic heterocycles. The minimum atomic E-state index is -0.685. The van der Waals surface area contributed by atoms with Gasteiger partial charge in [0, 0.05) is 18.3 Å². The van der Waals surface area contributed by atoms with Crippen LogP contribution in [-0.4, -0.2) is 30.1 Å². The number of alkyl carbamates (subject to hydrolysis) is 1. The van der Waals surface area contributed by atoms with E-state index in [0.29, 0.717) is 5.82 Å². The van der Waals surface area contributed by atoms with Crippen LogP contribution >= 0.6 is 0 Å². The number of carbonyl (C=O) groups is 2. The predicted octanol–water partition coefficient (Wildman–Crippen LogP) is 0.0245. The molecule has 0 aliphatic carbocycles. The highest BCUT2D eigenvalue weighted by Crippen LogP contribution is 2.05. The maximum absolute atomic E-state index is 11.6. The van der Waals surface area contributed by atoms with Gasteiger partial charge in [0.15, 0.2) is 0 Å². The summed E-state index contributed by atoms with van der Waals surface area (Å²) in [6.07, 6.45) is 0.917. The van der Waals surface area contributed by atoms with Crippen LogP contribution < -0.4 is 16.4 Å². The molecule has 0 radical (unpaired) electrons. The summed E-state index contributed by atoms with van der Waals surface area (Å²) in [5.41, 5.74) is 6.35. The highest BCUT2D eigenvalue weighted by atomic mass is 16.5. The van der Waals surface area contributed by atoms with Gasteiger partial charge in [0.2, 0.25) is 5.91 Å². The maximum Gasteiger partial charge on any atom is 0.407 e. The third-order valence-electron chi connectivity index (χ3n) is 2.29. The Morgan fingerprint density at radius 2 is 2.28 bits per heavy atom. The van der Waals surface area contributed by atoms with Crippen molar-refractivity contribution < 1.29 is 14.3 Å². The van der Waals surface area contributed by atoms with Crippen LogP contribution in [0.1, 0.15) is 12.5 Å². The third-order valence-corrected chi connectivity index (χ3v) is 2.29. The molecule has 1 aromatic heterocycles. The van der Waals surface area contributed by atoms with Crippen molar-refractivity contribution in [3.8, 4) is 0 Å². The van der Waals surface area contributed by atoms with E-state index in [2.05, 4.69) is 20.4 Å². The topological polar surface area (TPSA) is 106 Å². The van der Waals surface area contributed by atoms with Crippen LogP contribution in [-0.2, 0) is 16.1 Å². The number of nitrogens with two attached hydrogens (primary N) is 1. The normalized spacial score (nSPS) is 11.4. The SMILES string of the molecule is COC(=O)NC(C)C(=O)NCc1cccnc1N. The van der Waals surface area contributed by atoms with Crippen molar-refractivity contribution in [2.45, 2.75) is 19.5 Å². The Morgan fingerprint density at radius 3 is 2.89 bits per heavy atom. The van der Waals surface area contributed by atoms with Crippen LogP contribution in [0.25, 0.3) is 0 Å². The number of carbonyl (C=O) groups excluding carboxylic acids is 2. The molecule has 18 heavy (non-hydrogen) atoms. The van der Waals surface area contributed by atoms with Gasteiger partial charge in [0.05, 0.1) is 7.11 Å². The smallest absolute Gasteiger partial charge is 0.407 e.